The summed E-state index contributed by atoms with van der Waals surface area (Å²) < 4.78 is 0. The van der Waals surface area contributed by atoms with Crippen molar-refractivity contribution in [1.29, 1.82) is 0 Å². The Morgan fingerprint density at radius 3 is 2.44 bits per heavy atom. The zero-order valence-electron chi connectivity index (χ0n) is 6.11. The molecule has 1 spiro atoms. The minimum Gasteiger partial charge on any atom is -0.0879 e. The van der Waals surface area contributed by atoms with E-state index >= 15 is 0 Å². The number of hydrogen-bond donors (Lipinski definition) is 0. The van der Waals surface area contributed by atoms with E-state index in [0.29, 0.717) is 0 Å². The van der Waals surface area contributed by atoms with Crippen LogP contribution in [0.25, 0.3) is 0 Å². The molecular weight excluding hydrogens is 108 g/mol. The zero-order valence-corrected chi connectivity index (χ0v) is 6.11. The summed E-state index contributed by atoms with van der Waals surface area (Å²) >= 11 is 0. The summed E-state index contributed by atoms with van der Waals surface area (Å²) in [4.78, 5) is 0. The van der Waals surface area contributed by atoms with Gasteiger partial charge in [-0.1, -0.05) is 24.5 Å². The third-order valence-corrected chi connectivity index (χ3v) is 2.99. The van der Waals surface area contributed by atoms with Gasteiger partial charge in [-0.25, -0.2) is 0 Å². The Morgan fingerprint density at radius 1 is 1.33 bits per heavy atom. The molecule has 0 atom stereocenters. The minimum atomic E-state index is 0.773. The van der Waals surface area contributed by atoms with Gasteiger partial charge in [-0.05, 0) is 31.6 Å². The molecule has 0 N–H and O–H groups in total. The lowest BCUT2D eigenvalue weighted by atomic mass is 10.1. The summed E-state index contributed by atoms with van der Waals surface area (Å²) in [5.74, 6) is 0. The predicted molar refractivity (Wildman–Crippen MR) is 39.3 cm³/mol. The summed E-state index contributed by atoms with van der Waals surface area (Å²) in [6, 6.07) is 0. The molecule has 0 aromatic rings. The predicted octanol–water partition coefficient (Wildman–Crippen LogP) is 2.90. The molecule has 2 rings (SSSR count). The second-order valence-corrected chi connectivity index (χ2v) is 3.48. The maximum Gasteiger partial charge on any atom is -0.00506 e. The first kappa shape index (κ1) is 5.52. The molecule has 0 bridgehead atoms. The van der Waals surface area contributed by atoms with Crippen LogP contribution >= 0.6 is 0 Å². The SMILES string of the molecule is CC=C1CC12CCCC2. The molecule has 0 saturated heterocycles. The molecule has 0 unspecified atom stereocenters. The van der Waals surface area contributed by atoms with Crippen LogP contribution in [-0.2, 0) is 0 Å². The number of hydrogen-bond acceptors (Lipinski definition) is 0. The van der Waals surface area contributed by atoms with Crippen molar-refractivity contribution in [2.24, 2.45) is 5.41 Å². The van der Waals surface area contributed by atoms with Crippen molar-refractivity contribution in [3.63, 3.8) is 0 Å². The van der Waals surface area contributed by atoms with E-state index in [-0.39, 0.29) is 0 Å². The van der Waals surface area contributed by atoms with Gasteiger partial charge in [-0.3, -0.25) is 0 Å². The van der Waals surface area contributed by atoms with Crippen molar-refractivity contribution in [3.8, 4) is 0 Å². The molecule has 2 saturated carbocycles. The fourth-order valence-corrected chi connectivity index (χ4v) is 2.28. The largest absolute Gasteiger partial charge is 0.0879 e. The molecule has 0 heteroatoms. The van der Waals surface area contributed by atoms with Gasteiger partial charge in [0.25, 0.3) is 0 Å². The maximum absolute atomic E-state index is 2.32. The van der Waals surface area contributed by atoms with Crippen LogP contribution in [0.2, 0.25) is 0 Å². The van der Waals surface area contributed by atoms with Gasteiger partial charge in [0.2, 0.25) is 0 Å². The Hall–Kier alpha value is -0.260. The highest BCUT2D eigenvalue weighted by Crippen LogP contribution is 2.62. The molecule has 50 valence electrons. The van der Waals surface area contributed by atoms with Gasteiger partial charge in [-0.2, -0.15) is 0 Å². The molecule has 0 aliphatic heterocycles. The molecule has 0 nitrogen and oxygen atoms in total. The van der Waals surface area contributed by atoms with Crippen molar-refractivity contribution in [2.45, 2.75) is 39.0 Å². The van der Waals surface area contributed by atoms with Gasteiger partial charge in [0.05, 0.1) is 0 Å². The average Bonchev–Trinajstić information content (AvgIpc) is 2.30. The monoisotopic (exact) mass is 122 g/mol. The third kappa shape index (κ3) is 0.654. The van der Waals surface area contributed by atoms with Gasteiger partial charge >= 0.3 is 0 Å². The van der Waals surface area contributed by atoms with E-state index in [0.717, 1.165) is 5.41 Å². The van der Waals surface area contributed by atoms with Crippen LogP contribution in [-0.4, -0.2) is 0 Å². The summed E-state index contributed by atoms with van der Waals surface area (Å²) in [6.07, 6.45) is 9.71. The van der Waals surface area contributed by atoms with E-state index in [9.17, 15) is 0 Å². The first-order chi connectivity index (χ1) is 4.37. The molecular formula is C9H14. The quantitative estimate of drug-likeness (QED) is 0.433. The van der Waals surface area contributed by atoms with Crippen molar-refractivity contribution in [1.82, 2.24) is 0 Å². The summed E-state index contributed by atoms with van der Waals surface area (Å²) in [6.45, 7) is 2.18. The Kier molecular flexibility index (Phi) is 0.992. The van der Waals surface area contributed by atoms with Crippen LogP contribution in [0.5, 0.6) is 0 Å². The van der Waals surface area contributed by atoms with E-state index < -0.39 is 0 Å². The average molecular weight is 122 g/mol. The van der Waals surface area contributed by atoms with Gasteiger partial charge < -0.3 is 0 Å². The topological polar surface area (TPSA) is 0 Å². The van der Waals surface area contributed by atoms with Crippen LogP contribution in [0, 0.1) is 5.41 Å². The highest BCUT2D eigenvalue weighted by Gasteiger charge is 2.49. The zero-order chi connectivity index (χ0) is 6.32. The van der Waals surface area contributed by atoms with E-state index in [2.05, 4.69) is 13.0 Å². The molecule has 0 amide bonds. The van der Waals surface area contributed by atoms with Crippen LogP contribution in [0.3, 0.4) is 0 Å². The van der Waals surface area contributed by atoms with Gasteiger partial charge in [0.15, 0.2) is 0 Å². The number of rotatable bonds is 0. The van der Waals surface area contributed by atoms with Crippen LogP contribution in [0.15, 0.2) is 11.6 Å². The molecule has 0 radical (unpaired) electrons. The van der Waals surface area contributed by atoms with Crippen LogP contribution < -0.4 is 0 Å². The highest BCUT2D eigenvalue weighted by atomic mass is 14.5. The minimum absolute atomic E-state index is 0.773. The van der Waals surface area contributed by atoms with Crippen molar-refractivity contribution >= 4 is 0 Å². The second kappa shape index (κ2) is 1.62. The Bertz CT molecular complexity index is 147. The lowest BCUT2D eigenvalue weighted by molar-refractivity contribution is 0.564. The Labute approximate surface area is 57.0 Å². The molecule has 2 aliphatic carbocycles. The van der Waals surface area contributed by atoms with Crippen molar-refractivity contribution in [3.05, 3.63) is 11.6 Å². The second-order valence-electron chi connectivity index (χ2n) is 3.48. The first-order valence-corrected chi connectivity index (χ1v) is 4.03. The molecule has 9 heavy (non-hydrogen) atoms. The van der Waals surface area contributed by atoms with E-state index in [1.165, 1.54) is 32.1 Å². The van der Waals surface area contributed by atoms with E-state index in [4.69, 9.17) is 0 Å². The Balaban J connectivity index is 2.13. The smallest absolute Gasteiger partial charge is 0.00506 e. The normalized spacial score (nSPS) is 34.1. The number of allylic oxidation sites excluding steroid dienone is 2. The fourth-order valence-electron chi connectivity index (χ4n) is 2.28. The fraction of sp³-hybridized carbons (Fsp3) is 0.778. The molecule has 0 aromatic heterocycles. The third-order valence-electron chi connectivity index (χ3n) is 2.99. The standard InChI is InChI=1S/C9H14/c1-2-8-7-9(8)5-3-4-6-9/h2H,3-7H2,1H3. The lowest BCUT2D eigenvalue weighted by Crippen LogP contribution is -1.88. The van der Waals surface area contributed by atoms with Gasteiger partial charge in [0, 0.05) is 0 Å². The Morgan fingerprint density at radius 2 is 2.00 bits per heavy atom. The highest BCUT2D eigenvalue weighted by molar-refractivity contribution is 5.33. The molecule has 2 aliphatic rings. The maximum atomic E-state index is 2.32. The molecule has 0 aromatic carbocycles. The summed E-state index contributed by atoms with van der Waals surface area (Å²) in [7, 11) is 0. The summed E-state index contributed by atoms with van der Waals surface area (Å²) in [5.41, 5.74) is 2.52. The van der Waals surface area contributed by atoms with Crippen molar-refractivity contribution < 1.29 is 0 Å². The van der Waals surface area contributed by atoms with Gasteiger partial charge in [0.1, 0.15) is 0 Å². The van der Waals surface area contributed by atoms with Crippen LogP contribution in [0.4, 0.5) is 0 Å². The first-order valence-electron chi connectivity index (χ1n) is 4.03. The van der Waals surface area contributed by atoms with Gasteiger partial charge in [-0.15, -0.1) is 0 Å². The van der Waals surface area contributed by atoms with Crippen LogP contribution in [0.1, 0.15) is 39.0 Å². The van der Waals surface area contributed by atoms with E-state index in [1.807, 2.05) is 0 Å². The van der Waals surface area contributed by atoms with Crippen molar-refractivity contribution in [2.75, 3.05) is 0 Å². The molecule has 2 fully saturated rings. The molecule has 0 heterocycles. The summed E-state index contributed by atoms with van der Waals surface area (Å²) in [5, 5.41) is 0. The lowest BCUT2D eigenvalue weighted by Gasteiger charge is -1.99. The van der Waals surface area contributed by atoms with E-state index in [1.54, 1.807) is 5.57 Å².